The highest BCUT2D eigenvalue weighted by molar-refractivity contribution is 5.04. The number of rotatable bonds is 2. The zero-order valence-electron chi connectivity index (χ0n) is 11.8. The van der Waals surface area contributed by atoms with Crippen LogP contribution in [0.4, 0.5) is 0 Å². The minimum absolute atomic E-state index is 0.349. The molecule has 3 rings (SSSR count). The number of aromatic nitrogens is 2. The largest absolute Gasteiger partial charge is 0.367 e. The molecule has 0 spiro atoms. The molecule has 2 saturated heterocycles. The second kappa shape index (κ2) is 5.21. The molecule has 19 heavy (non-hydrogen) atoms. The predicted octanol–water partition coefficient (Wildman–Crippen LogP) is 2.34. The summed E-state index contributed by atoms with van der Waals surface area (Å²) in [5, 5.41) is 7.63. The first kappa shape index (κ1) is 13.1. The molecular weight excluding hydrogens is 242 g/mol. The van der Waals surface area contributed by atoms with Crippen LogP contribution < -0.4 is 5.32 Å². The van der Waals surface area contributed by atoms with Crippen LogP contribution in [-0.4, -0.2) is 29.3 Å². The third-order valence-electron chi connectivity index (χ3n) is 4.36. The van der Waals surface area contributed by atoms with Crippen LogP contribution in [0.15, 0.2) is 4.52 Å². The quantitative estimate of drug-likeness (QED) is 0.889. The number of hydrogen-bond donors (Lipinski definition) is 1. The molecule has 0 aliphatic carbocycles. The van der Waals surface area contributed by atoms with Crippen LogP contribution in [0.25, 0.3) is 0 Å². The molecule has 5 heteroatoms. The van der Waals surface area contributed by atoms with E-state index in [0.29, 0.717) is 12.0 Å². The van der Waals surface area contributed by atoms with Crippen LogP contribution in [0.2, 0.25) is 0 Å². The lowest BCUT2D eigenvalue weighted by atomic mass is 9.92. The van der Waals surface area contributed by atoms with E-state index in [1.165, 1.54) is 6.42 Å². The summed E-state index contributed by atoms with van der Waals surface area (Å²) in [4.78, 5) is 4.63. The van der Waals surface area contributed by atoms with E-state index in [1.54, 1.807) is 0 Å². The van der Waals surface area contributed by atoms with E-state index in [4.69, 9.17) is 9.26 Å². The average Bonchev–Trinajstić information content (AvgIpc) is 2.90. The Morgan fingerprint density at radius 1 is 1.37 bits per heavy atom. The molecule has 0 amide bonds. The Bertz CT molecular complexity index is 426. The van der Waals surface area contributed by atoms with Gasteiger partial charge < -0.3 is 14.6 Å². The highest BCUT2D eigenvalue weighted by Gasteiger charge is 2.36. The Kier molecular flexibility index (Phi) is 3.58. The summed E-state index contributed by atoms with van der Waals surface area (Å²) in [5.41, 5.74) is -0.349. The molecule has 0 radical (unpaired) electrons. The van der Waals surface area contributed by atoms with Crippen LogP contribution in [0, 0.1) is 0 Å². The Hall–Kier alpha value is -0.940. The number of hydrogen-bond acceptors (Lipinski definition) is 5. The van der Waals surface area contributed by atoms with E-state index >= 15 is 0 Å². The van der Waals surface area contributed by atoms with Crippen molar-refractivity contribution in [1.29, 1.82) is 0 Å². The molecule has 0 aromatic carbocycles. The molecule has 1 aromatic heterocycles. The van der Waals surface area contributed by atoms with E-state index in [-0.39, 0.29) is 5.60 Å². The fourth-order valence-electron chi connectivity index (χ4n) is 3.08. The summed E-state index contributed by atoms with van der Waals surface area (Å²) in [6, 6.07) is 0.524. The first-order valence-corrected chi connectivity index (χ1v) is 7.39. The van der Waals surface area contributed by atoms with Crippen molar-refractivity contribution in [2.75, 3.05) is 13.2 Å². The van der Waals surface area contributed by atoms with E-state index in [9.17, 15) is 0 Å². The Labute approximate surface area is 114 Å². The lowest BCUT2D eigenvalue weighted by molar-refractivity contribution is -0.0770. The normalized spacial score (nSPS) is 36.3. The minimum atomic E-state index is -0.349. The number of nitrogens with zero attached hydrogens (tertiary/aromatic N) is 2. The molecule has 1 aromatic rings. The molecular formula is C14H23N3O2. The predicted molar refractivity (Wildman–Crippen MR) is 70.9 cm³/mol. The van der Waals surface area contributed by atoms with Gasteiger partial charge in [0.05, 0.1) is 0 Å². The van der Waals surface area contributed by atoms with Crippen LogP contribution in [0.3, 0.4) is 0 Å². The van der Waals surface area contributed by atoms with Crippen molar-refractivity contribution in [1.82, 2.24) is 15.5 Å². The molecule has 3 atom stereocenters. The smallest absolute Gasteiger partial charge is 0.229 e. The summed E-state index contributed by atoms with van der Waals surface area (Å²) in [7, 11) is 0. The van der Waals surface area contributed by atoms with Crippen molar-refractivity contribution in [3.05, 3.63) is 11.7 Å². The topological polar surface area (TPSA) is 60.2 Å². The summed E-state index contributed by atoms with van der Waals surface area (Å²) in [6.07, 6.45) is 5.42. The van der Waals surface area contributed by atoms with Gasteiger partial charge >= 0.3 is 0 Å². The third kappa shape index (κ3) is 2.67. The van der Waals surface area contributed by atoms with E-state index in [1.807, 2.05) is 0 Å². The molecule has 106 valence electrons. The maximum Gasteiger partial charge on any atom is 0.229 e. The number of ether oxygens (including phenoxy) is 1. The monoisotopic (exact) mass is 265 g/mol. The Balaban J connectivity index is 1.75. The van der Waals surface area contributed by atoms with Gasteiger partial charge in [-0.05, 0) is 52.5 Å². The van der Waals surface area contributed by atoms with Gasteiger partial charge in [-0.3, -0.25) is 0 Å². The lowest BCUT2D eigenvalue weighted by Gasteiger charge is -2.30. The first-order chi connectivity index (χ1) is 9.17. The van der Waals surface area contributed by atoms with Crippen molar-refractivity contribution >= 4 is 0 Å². The fourth-order valence-corrected chi connectivity index (χ4v) is 3.08. The molecule has 3 unspecified atom stereocenters. The zero-order valence-corrected chi connectivity index (χ0v) is 11.8. The van der Waals surface area contributed by atoms with Gasteiger partial charge in [0, 0.05) is 18.6 Å². The van der Waals surface area contributed by atoms with E-state index in [2.05, 4.69) is 29.3 Å². The second-order valence-electron chi connectivity index (χ2n) is 6.07. The standard InChI is InChI=1S/C14H23N3O2/c1-10-9-11(5-7-15-10)12-16-13(17-19-12)14(2)6-3-4-8-18-14/h10-11,15H,3-9H2,1-2H3. The second-order valence-corrected chi connectivity index (χ2v) is 6.07. The SMILES string of the molecule is CC1CC(c2nc(C3(C)CCCCO3)no2)CCN1. The van der Waals surface area contributed by atoms with Crippen LogP contribution in [0.5, 0.6) is 0 Å². The molecule has 0 saturated carbocycles. The van der Waals surface area contributed by atoms with Gasteiger partial charge in [-0.25, -0.2) is 0 Å². The van der Waals surface area contributed by atoms with Crippen molar-refractivity contribution in [3.8, 4) is 0 Å². The van der Waals surface area contributed by atoms with Crippen molar-refractivity contribution < 1.29 is 9.26 Å². The van der Waals surface area contributed by atoms with Gasteiger partial charge in [-0.2, -0.15) is 4.98 Å². The Morgan fingerprint density at radius 2 is 2.26 bits per heavy atom. The summed E-state index contributed by atoms with van der Waals surface area (Å²) in [6.45, 7) is 6.10. The highest BCUT2D eigenvalue weighted by Crippen LogP contribution is 2.34. The third-order valence-corrected chi connectivity index (χ3v) is 4.36. The van der Waals surface area contributed by atoms with Gasteiger partial charge in [-0.15, -0.1) is 0 Å². The van der Waals surface area contributed by atoms with E-state index < -0.39 is 0 Å². The molecule has 2 aliphatic heterocycles. The maximum atomic E-state index is 5.88. The highest BCUT2D eigenvalue weighted by atomic mass is 16.5. The molecule has 1 N–H and O–H groups in total. The first-order valence-electron chi connectivity index (χ1n) is 7.39. The van der Waals surface area contributed by atoms with Gasteiger partial charge in [0.1, 0.15) is 5.60 Å². The molecule has 3 heterocycles. The van der Waals surface area contributed by atoms with Gasteiger partial charge in [0.2, 0.25) is 11.7 Å². The van der Waals surface area contributed by atoms with Crippen LogP contribution in [-0.2, 0) is 10.3 Å². The number of nitrogens with one attached hydrogen (secondary N) is 1. The van der Waals surface area contributed by atoms with Gasteiger partial charge in [0.25, 0.3) is 0 Å². The fraction of sp³-hybridized carbons (Fsp3) is 0.857. The Morgan fingerprint density at radius 3 is 3.00 bits per heavy atom. The molecule has 2 fully saturated rings. The van der Waals surface area contributed by atoms with Crippen molar-refractivity contribution in [3.63, 3.8) is 0 Å². The number of piperidine rings is 1. The summed E-state index contributed by atoms with van der Waals surface area (Å²) in [5.74, 6) is 1.91. The molecule has 0 bridgehead atoms. The average molecular weight is 265 g/mol. The van der Waals surface area contributed by atoms with Gasteiger partial charge in [-0.1, -0.05) is 5.16 Å². The maximum absolute atomic E-state index is 5.88. The van der Waals surface area contributed by atoms with Gasteiger partial charge in [0.15, 0.2) is 0 Å². The molecule has 2 aliphatic rings. The molecule has 5 nitrogen and oxygen atoms in total. The lowest BCUT2D eigenvalue weighted by Crippen LogP contribution is -2.35. The summed E-state index contributed by atoms with van der Waals surface area (Å²) < 4.78 is 11.4. The van der Waals surface area contributed by atoms with Crippen molar-refractivity contribution in [2.45, 2.75) is 63.5 Å². The van der Waals surface area contributed by atoms with Crippen LogP contribution >= 0.6 is 0 Å². The van der Waals surface area contributed by atoms with E-state index in [0.717, 1.165) is 50.6 Å². The van der Waals surface area contributed by atoms with Crippen molar-refractivity contribution in [2.24, 2.45) is 0 Å². The summed E-state index contributed by atoms with van der Waals surface area (Å²) >= 11 is 0. The van der Waals surface area contributed by atoms with Crippen LogP contribution in [0.1, 0.15) is 63.6 Å². The minimum Gasteiger partial charge on any atom is -0.367 e. The zero-order chi connectivity index (χ0) is 13.3.